The number of nitro groups is 1. The Morgan fingerprint density at radius 2 is 1.86 bits per heavy atom. The first-order valence-electron chi connectivity index (χ1n) is 7.03. The summed E-state index contributed by atoms with van der Waals surface area (Å²) in [6, 6.07) is 13.7. The number of benzene rings is 2. The predicted octanol–water partition coefficient (Wildman–Crippen LogP) is 3.18. The summed E-state index contributed by atoms with van der Waals surface area (Å²) in [4.78, 5) is 25.1. The third kappa shape index (κ3) is 2.18. The molecule has 1 N–H and O–H groups in total. The molecule has 0 spiro atoms. The molecular weight excluding hydrogens is 282 g/mol. The highest BCUT2D eigenvalue weighted by Crippen LogP contribution is 2.36. The van der Waals surface area contributed by atoms with Crippen LogP contribution in [0.2, 0.25) is 0 Å². The van der Waals surface area contributed by atoms with Crippen LogP contribution >= 0.6 is 0 Å². The number of hydrogen-bond acceptors (Lipinski definition) is 4. The minimum Gasteiger partial charge on any atom is -0.361 e. The van der Waals surface area contributed by atoms with Crippen molar-refractivity contribution in [2.24, 2.45) is 0 Å². The topological polar surface area (TPSA) is 75.5 Å². The second kappa shape index (κ2) is 5.48. The van der Waals surface area contributed by atoms with E-state index < -0.39 is 11.1 Å². The number of nitrogens with one attached hydrogen (secondary N) is 1. The number of nitrogens with zero attached hydrogens (tertiary/aromatic N) is 2. The third-order valence-electron chi connectivity index (χ3n) is 3.79. The number of rotatable bonds is 3. The van der Waals surface area contributed by atoms with Gasteiger partial charge in [0.1, 0.15) is 6.17 Å². The Labute approximate surface area is 127 Å². The number of nitro benzene ring substituents is 1. The highest BCUT2D eigenvalue weighted by molar-refractivity contribution is 6.01. The number of anilines is 1. The van der Waals surface area contributed by atoms with Gasteiger partial charge in [-0.15, -0.1) is 0 Å². The van der Waals surface area contributed by atoms with E-state index in [1.165, 1.54) is 6.07 Å². The molecule has 2 aromatic rings. The maximum absolute atomic E-state index is 12.6. The van der Waals surface area contributed by atoms with Crippen LogP contribution in [0.3, 0.4) is 0 Å². The van der Waals surface area contributed by atoms with Crippen molar-refractivity contribution in [3.63, 3.8) is 0 Å². The molecule has 1 unspecified atom stereocenters. The van der Waals surface area contributed by atoms with Crippen LogP contribution < -0.4 is 5.32 Å². The van der Waals surface area contributed by atoms with Gasteiger partial charge in [-0.3, -0.25) is 14.9 Å². The number of carbonyl (C=O) groups excluding carboxylic acids is 1. The molecular formula is C16H15N3O3. The van der Waals surface area contributed by atoms with Gasteiger partial charge in [0.25, 0.3) is 11.6 Å². The largest absolute Gasteiger partial charge is 0.361 e. The Bertz CT molecular complexity index is 745. The zero-order valence-corrected chi connectivity index (χ0v) is 12.0. The van der Waals surface area contributed by atoms with Crippen LogP contribution in [0.15, 0.2) is 48.5 Å². The molecule has 1 aliphatic heterocycles. The normalized spacial score (nSPS) is 16.9. The van der Waals surface area contributed by atoms with E-state index in [2.05, 4.69) is 5.32 Å². The second-order valence-electron chi connectivity index (χ2n) is 5.00. The maximum atomic E-state index is 12.6. The average molecular weight is 297 g/mol. The fourth-order valence-corrected chi connectivity index (χ4v) is 2.75. The van der Waals surface area contributed by atoms with E-state index in [-0.39, 0.29) is 11.6 Å². The van der Waals surface area contributed by atoms with Crippen molar-refractivity contribution in [3.05, 3.63) is 69.8 Å². The standard InChI is InChI=1S/C16H15N3O3/c1-2-18-15(12-8-4-6-10-14(12)19(21)22)17-13-9-5-3-7-11(13)16(18)20/h3-10,15,17H,2H2,1H3. The molecule has 6 heteroatoms. The first-order valence-corrected chi connectivity index (χ1v) is 7.03. The lowest BCUT2D eigenvalue weighted by Gasteiger charge is -2.37. The van der Waals surface area contributed by atoms with E-state index in [1.54, 1.807) is 35.2 Å². The van der Waals surface area contributed by atoms with Gasteiger partial charge in [0, 0.05) is 18.3 Å². The minimum absolute atomic E-state index is 0.00521. The van der Waals surface area contributed by atoms with Gasteiger partial charge in [-0.25, -0.2) is 0 Å². The van der Waals surface area contributed by atoms with Gasteiger partial charge in [0.2, 0.25) is 0 Å². The highest BCUT2D eigenvalue weighted by Gasteiger charge is 2.34. The first-order chi connectivity index (χ1) is 10.6. The van der Waals surface area contributed by atoms with Gasteiger partial charge < -0.3 is 10.2 Å². The van der Waals surface area contributed by atoms with Gasteiger partial charge in [0.15, 0.2) is 0 Å². The van der Waals surface area contributed by atoms with Crippen molar-refractivity contribution in [2.75, 3.05) is 11.9 Å². The van der Waals surface area contributed by atoms with Crippen molar-refractivity contribution in [3.8, 4) is 0 Å². The molecule has 0 fully saturated rings. The summed E-state index contributed by atoms with van der Waals surface area (Å²) in [5.74, 6) is -0.125. The number of hydrogen-bond donors (Lipinski definition) is 1. The molecule has 0 saturated carbocycles. The molecule has 112 valence electrons. The predicted molar refractivity (Wildman–Crippen MR) is 82.6 cm³/mol. The van der Waals surface area contributed by atoms with E-state index >= 15 is 0 Å². The molecule has 2 aromatic carbocycles. The van der Waals surface area contributed by atoms with E-state index in [4.69, 9.17) is 0 Å². The number of para-hydroxylation sites is 2. The van der Waals surface area contributed by atoms with Crippen LogP contribution in [0.4, 0.5) is 11.4 Å². The Hall–Kier alpha value is -2.89. The summed E-state index contributed by atoms with van der Waals surface area (Å²) in [5.41, 5.74) is 1.77. The number of amides is 1. The molecule has 6 nitrogen and oxygen atoms in total. The molecule has 0 aliphatic carbocycles. The van der Waals surface area contributed by atoms with Crippen molar-refractivity contribution in [1.82, 2.24) is 4.90 Å². The molecule has 1 amide bonds. The zero-order valence-electron chi connectivity index (χ0n) is 12.0. The van der Waals surface area contributed by atoms with Crippen LogP contribution in [0, 0.1) is 10.1 Å². The molecule has 0 radical (unpaired) electrons. The first kappa shape index (κ1) is 14.1. The summed E-state index contributed by atoms with van der Waals surface area (Å²) < 4.78 is 0. The van der Waals surface area contributed by atoms with Crippen LogP contribution in [0.5, 0.6) is 0 Å². The molecule has 3 rings (SSSR count). The Balaban J connectivity index is 2.12. The van der Waals surface area contributed by atoms with Gasteiger partial charge in [0.05, 0.1) is 16.1 Å². The third-order valence-corrected chi connectivity index (χ3v) is 3.79. The van der Waals surface area contributed by atoms with Gasteiger partial charge in [-0.2, -0.15) is 0 Å². The summed E-state index contributed by atoms with van der Waals surface area (Å²) in [6.45, 7) is 2.31. The molecule has 1 aliphatic rings. The summed E-state index contributed by atoms with van der Waals surface area (Å²) in [7, 11) is 0. The molecule has 0 bridgehead atoms. The van der Waals surface area contributed by atoms with E-state index in [1.807, 2.05) is 19.1 Å². The minimum atomic E-state index is -0.547. The van der Waals surface area contributed by atoms with Crippen LogP contribution in [0.1, 0.15) is 29.0 Å². The van der Waals surface area contributed by atoms with E-state index in [9.17, 15) is 14.9 Å². The van der Waals surface area contributed by atoms with Crippen molar-refractivity contribution < 1.29 is 9.72 Å². The zero-order chi connectivity index (χ0) is 15.7. The maximum Gasteiger partial charge on any atom is 0.276 e. The number of fused-ring (bicyclic) bond motifs is 1. The average Bonchev–Trinajstić information content (AvgIpc) is 2.54. The van der Waals surface area contributed by atoms with Gasteiger partial charge in [-0.05, 0) is 25.1 Å². The summed E-state index contributed by atoms with van der Waals surface area (Å²) in [6.07, 6.45) is -0.547. The molecule has 1 atom stereocenters. The van der Waals surface area contributed by atoms with Crippen LogP contribution in [0.25, 0.3) is 0 Å². The van der Waals surface area contributed by atoms with Crippen molar-refractivity contribution in [1.29, 1.82) is 0 Å². The van der Waals surface area contributed by atoms with Crippen LogP contribution in [-0.2, 0) is 0 Å². The van der Waals surface area contributed by atoms with E-state index in [0.29, 0.717) is 23.4 Å². The number of carbonyl (C=O) groups is 1. The molecule has 0 aromatic heterocycles. The Morgan fingerprint density at radius 1 is 1.18 bits per heavy atom. The quantitative estimate of drug-likeness (QED) is 0.697. The van der Waals surface area contributed by atoms with Gasteiger partial charge in [-0.1, -0.05) is 24.3 Å². The lowest BCUT2D eigenvalue weighted by atomic mass is 10.0. The Morgan fingerprint density at radius 3 is 2.59 bits per heavy atom. The highest BCUT2D eigenvalue weighted by atomic mass is 16.6. The lowest BCUT2D eigenvalue weighted by molar-refractivity contribution is -0.385. The lowest BCUT2D eigenvalue weighted by Crippen LogP contribution is -2.42. The summed E-state index contributed by atoms with van der Waals surface area (Å²) in [5, 5.41) is 14.5. The van der Waals surface area contributed by atoms with Crippen molar-refractivity contribution in [2.45, 2.75) is 13.1 Å². The molecule has 0 saturated heterocycles. The second-order valence-corrected chi connectivity index (χ2v) is 5.00. The fraction of sp³-hybridized carbons (Fsp3) is 0.188. The SMILES string of the molecule is CCN1C(=O)c2ccccc2NC1c1ccccc1[N+](=O)[O-]. The van der Waals surface area contributed by atoms with Crippen LogP contribution in [-0.4, -0.2) is 22.3 Å². The Kier molecular flexibility index (Phi) is 3.50. The summed E-state index contributed by atoms with van der Waals surface area (Å²) >= 11 is 0. The van der Waals surface area contributed by atoms with Crippen molar-refractivity contribution >= 4 is 17.3 Å². The smallest absolute Gasteiger partial charge is 0.276 e. The fourth-order valence-electron chi connectivity index (χ4n) is 2.75. The monoisotopic (exact) mass is 297 g/mol. The molecule has 1 heterocycles. The van der Waals surface area contributed by atoms with Gasteiger partial charge >= 0.3 is 0 Å². The molecule has 22 heavy (non-hydrogen) atoms. The van der Waals surface area contributed by atoms with E-state index in [0.717, 1.165) is 0 Å².